The Hall–Kier alpha value is -0.120. The van der Waals surface area contributed by atoms with E-state index in [2.05, 4.69) is 5.32 Å². The van der Waals surface area contributed by atoms with E-state index in [1.165, 1.54) is 109 Å². The summed E-state index contributed by atoms with van der Waals surface area (Å²) in [5.74, 6) is 0. The van der Waals surface area contributed by atoms with Gasteiger partial charge in [-0.3, -0.25) is 0 Å². The molecular weight excluding hydrogens is 310 g/mol. The molecule has 0 bridgehead atoms. The molecule has 0 saturated carbocycles. The van der Waals surface area contributed by atoms with Gasteiger partial charge in [0, 0.05) is 13.2 Å². The first-order valence-electron chi connectivity index (χ1n) is 11.3. The van der Waals surface area contributed by atoms with Gasteiger partial charge in [-0.15, -0.1) is 0 Å². The zero-order valence-corrected chi connectivity index (χ0v) is 17.0. The average molecular weight is 358 g/mol. The lowest BCUT2D eigenvalue weighted by molar-refractivity contribution is 0.282. The fourth-order valence-electron chi connectivity index (χ4n) is 3.39. The van der Waals surface area contributed by atoms with Crippen LogP contribution in [0.5, 0.6) is 0 Å². The summed E-state index contributed by atoms with van der Waals surface area (Å²) < 4.78 is 0. The number of hydrogen-bond donors (Lipinski definition) is 3. The Morgan fingerprint density at radius 3 is 0.960 bits per heavy atom. The first kappa shape index (κ1) is 24.9. The van der Waals surface area contributed by atoms with Crippen LogP contribution in [-0.4, -0.2) is 36.5 Å². The summed E-state index contributed by atoms with van der Waals surface area (Å²) in [6, 6.07) is 0. The van der Waals surface area contributed by atoms with Crippen molar-refractivity contribution in [3.05, 3.63) is 0 Å². The van der Waals surface area contributed by atoms with Gasteiger partial charge in [0.05, 0.1) is 6.61 Å². The SMILES string of the molecule is OCCCCCCCCCCCCCCCCCCCCNCCO. The van der Waals surface area contributed by atoms with Crippen LogP contribution in [0.4, 0.5) is 0 Å². The lowest BCUT2D eigenvalue weighted by atomic mass is 10.0. The van der Waals surface area contributed by atoms with E-state index in [0.29, 0.717) is 6.61 Å². The van der Waals surface area contributed by atoms with Crippen LogP contribution in [0.2, 0.25) is 0 Å². The summed E-state index contributed by atoms with van der Waals surface area (Å²) in [7, 11) is 0. The smallest absolute Gasteiger partial charge is 0.0555 e. The number of aliphatic hydroxyl groups is 2. The summed E-state index contributed by atoms with van der Waals surface area (Å²) in [4.78, 5) is 0. The van der Waals surface area contributed by atoms with E-state index < -0.39 is 0 Å². The Bertz CT molecular complexity index is 202. The van der Waals surface area contributed by atoms with E-state index in [1.54, 1.807) is 0 Å². The lowest BCUT2D eigenvalue weighted by Gasteiger charge is -2.04. The monoisotopic (exact) mass is 357 g/mol. The molecule has 3 N–H and O–H groups in total. The second kappa shape index (κ2) is 23.9. The van der Waals surface area contributed by atoms with Crippen molar-refractivity contribution in [2.45, 2.75) is 116 Å². The van der Waals surface area contributed by atoms with E-state index in [4.69, 9.17) is 10.2 Å². The Morgan fingerprint density at radius 2 is 0.640 bits per heavy atom. The van der Waals surface area contributed by atoms with Gasteiger partial charge in [0.2, 0.25) is 0 Å². The number of aliphatic hydroxyl groups excluding tert-OH is 2. The van der Waals surface area contributed by atoms with Crippen molar-refractivity contribution >= 4 is 0 Å². The predicted octanol–water partition coefficient (Wildman–Crippen LogP) is 5.58. The van der Waals surface area contributed by atoms with Gasteiger partial charge in [-0.1, -0.05) is 103 Å². The molecular formula is C22H47NO2. The van der Waals surface area contributed by atoms with Gasteiger partial charge >= 0.3 is 0 Å². The number of nitrogens with one attached hydrogen (secondary N) is 1. The second-order valence-electron chi connectivity index (χ2n) is 7.56. The van der Waals surface area contributed by atoms with E-state index in [9.17, 15) is 0 Å². The van der Waals surface area contributed by atoms with Crippen molar-refractivity contribution in [2.24, 2.45) is 0 Å². The van der Waals surface area contributed by atoms with Crippen LogP contribution in [0.1, 0.15) is 116 Å². The van der Waals surface area contributed by atoms with Crippen LogP contribution in [0.15, 0.2) is 0 Å². The molecule has 3 heteroatoms. The highest BCUT2D eigenvalue weighted by molar-refractivity contribution is 4.51. The largest absolute Gasteiger partial charge is 0.396 e. The molecule has 0 aliphatic heterocycles. The van der Waals surface area contributed by atoms with Gasteiger partial charge in [0.1, 0.15) is 0 Å². The predicted molar refractivity (Wildman–Crippen MR) is 110 cm³/mol. The molecule has 25 heavy (non-hydrogen) atoms. The van der Waals surface area contributed by atoms with E-state index in [-0.39, 0.29) is 6.61 Å². The number of rotatable bonds is 22. The summed E-state index contributed by atoms with van der Waals surface area (Å²) in [6.45, 7) is 2.42. The molecule has 3 nitrogen and oxygen atoms in total. The molecule has 152 valence electrons. The fourth-order valence-corrected chi connectivity index (χ4v) is 3.39. The topological polar surface area (TPSA) is 52.5 Å². The molecule has 0 spiro atoms. The molecule has 0 unspecified atom stereocenters. The third-order valence-electron chi connectivity index (χ3n) is 5.05. The van der Waals surface area contributed by atoms with Crippen molar-refractivity contribution in [2.75, 3.05) is 26.3 Å². The van der Waals surface area contributed by atoms with Crippen LogP contribution in [-0.2, 0) is 0 Å². The molecule has 0 amide bonds. The molecule has 0 heterocycles. The van der Waals surface area contributed by atoms with E-state index >= 15 is 0 Å². The van der Waals surface area contributed by atoms with Crippen LogP contribution in [0.3, 0.4) is 0 Å². The molecule has 0 fully saturated rings. The maximum Gasteiger partial charge on any atom is 0.0555 e. The van der Waals surface area contributed by atoms with Crippen molar-refractivity contribution in [1.29, 1.82) is 0 Å². The zero-order valence-electron chi connectivity index (χ0n) is 17.0. The van der Waals surface area contributed by atoms with Gasteiger partial charge in [-0.2, -0.15) is 0 Å². The molecule has 0 aromatic heterocycles. The first-order valence-corrected chi connectivity index (χ1v) is 11.3. The summed E-state index contributed by atoms with van der Waals surface area (Å²) >= 11 is 0. The van der Waals surface area contributed by atoms with Crippen molar-refractivity contribution in [3.63, 3.8) is 0 Å². The maximum atomic E-state index is 8.72. The molecule has 0 aliphatic rings. The maximum absolute atomic E-state index is 8.72. The highest BCUT2D eigenvalue weighted by Gasteiger charge is 1.95. The van der Waals surface area contributed by atoms with Crippen LogP contribution >= 0.6 is 0 Å². The summed E-state index contributed by atoms with van der Waals surface area (Å²) in [5, 5.41) is 20.6. The van der Waals surface area contributed by atoms with Gasteiger partial charge < -0.3 is 15.5 Å². The summed E-state index contributed by atoms with van der Waals surface area (Å²) in [5.41, 5.74) is 0. The van der Waals surface area contributed by atoms with E-state index in [1.807, 2.05) is 0 Å². The highest BCUT2D eigenvalue weighted by atomic mass is 16.3. The molecule has 0 atom stereocenters. The normalized spacial score (nSPS) is 11.3. The first-order chi connectivity index (χ1) is 12.4. The van der Waals surface area contributed by atoms with Crippen molar-refractivity contribution in [1.82, 2.24) is 5.32 Å². The molecule has 0 radical (unpaired) electrons. The third kappa shape index (κ3) is 23.9. The van der Waals surface area contributed by atoms with Crippen LogP contribution in [0, 0.1) is 0 Å². The Kier molecular flexibility index (Phi) is 23.8. The molecule has 0 aromatic carbocycles. The van der Waals surface area contributed by atoms with Gasteiger partial charge in [-0.25, -0.2) is 0 Å². The van der Waals surface area contributed by atoms with Gasteiger partial charge in [-0.05, 0) is 19.4 Å². The number of hydrogen-bond acceptors (Lipinski definition) is 3. The van der Waals surface area contributed by atoms with Gasteiger partial charge in [0.15, 0.2) is 0 Å². The third-order valence-corrected chi connectivity index (χ3v) is 5.05. The van der Waals surface area contributed by atoms with Gasteiger partial charge in [0.25, 0.3) is 0 Å². The number of unbranched alkanes of at least 4 members (excludes halogenated alkanes) is 17. The van der Waals surface area contributed by atoms with Crippen LogP contribution < -0.4 is 5.32 Å². The Morgan fingerprint density at radius 1 is 0.320 bits per heavy atom. The lowest BCUT2D eigenvalue weighted by Crippen LogP contribution is -2.19. The fraction of sp³-hybridized carbons (Fsp3) is 1.00. The molecule has 0 saturated heterocycles. The molecule has 0 aliphatic carbocycles. The molecule has 0 rings (SSSR count). The minimum atomic E-state index is 0.256. The minimum absolute atomic E-state index is 0.256. The average Bonchev–Trinajstić information content (AvgIpc) is 2.63. The summed E-state index contributed by atoms with van der Waals surface area (Å²) in [6.07, 6.45) is 24.5. The second-order valence-corrected chi connectivity index (χ2v) is 7.56. The molecule has 0 aromatic rings. The Balaban J connectivity index is 2.94. The highest BCUT2D eigenvalue weighted by Crippen LogP contribution is 2.14. The van der Waals surface area contributed by atoms with Crippen molar-refractivity contribution < 1.29 is 10.2 Å². The Labute approximate surface area is 158 Å². The minimum Gasteiger partial charge on any atom is -0.396 e. The van der Waals surface area contributed by atoms with E-state index in [0.717, 1.165) is 19.5 Å². The standard InChI is InChI=1S/C22H47NO2/c24-21-18-16-14-12-10-8-6-4-2-1-3-5-7-9-11-13-15-17-19-23-20-22-25/h23-25H,1-22H2. The van der Waals surface area contributed by atoms with Crippen LogP contribution in [0.25, 0.3) is 0 Å². The zero-order chi connectivity index (χ0) is 18.3. The van der Waals surface area contributed by atoms with Crippen molar-refractivity contribution in [3.8, 4) is 0 Å². The quantitative estimate of drug-likeness (QED) is 0.222.